The van der Waals surface area contributed by atoms with E-state index in [1.807, 2.05) is 26.0 Å². The van der Waals surface area contributed by atoms with Crippen molar-refractivity contribution in [1.82, 2.24) is 0 Å². The Morgan fingerprint density at radius 1 is 1.08 bits per heavy atom. The van der Waals surface area contributed by atoms with Gasteiger partial charge in [0.05, 0.1) is 18.3 Å². The predicted octanol–water partition coefficient (Wildman–Crippen LogP) is 5.33. The second-order valence-corrected chi connectivity index (χ2v) is 7.54. The molecule has 3 atom stereocenters. The first kappa shape index (κ1) is 20.2. The van der Waals surface area contributed by atoms with Crippen molar-refractivity contribution in [3.8, 4) is 0 Å². The highest BCUT2D eigenvalue weighted by atomic mass is 16.7. The second kappa shape index (κ2) is 9.51. The van der Waals surface area contributed by atoms with Crippen molar-refractivity contribution < 1.29 is 14.6 Å². The van der Waals surface area contributed by atoms with Crippen LogP contribution in [0.1, 0.15) is 76.5 Å². The summed E-state index contributed by atoms with van der Waals surface area (Å²) < 4.78 is 12.3. The van der Waals surface area contributed by atoms with Gasteiger partial charge in [-0.05, 0) is 31.4 Å². The SMILES string of the molecule is C=CC(O)c1ccc(C[C@@H]2OC(C)(C)O[C@H]2CCCCCCC)cc1. The third kappa shape index (κ3) is 6.25. The van der Waals surface area contributed by atoms with Crippen molar-refractivity contribution in [3.63, 3.8) is 0 Å². The summed E-state index contributed by atoms with van der Waals surface area (Å²) in [5, 5.41) is 9.81. The lowest BCUT2D eigenvalue weighted by molar-refractivity contribution is -0.146. The highest BCUT2D eigenvalue weighted by molar-refractivity contribution is 5.26. The van der Waals surface area contributed by atoms with Crippen LogP contribution in [-0.4, -0.2) is 23.1 Å². The Morgan fingerprint density at radius 2 is 1.72 bits per heavy atom. The molecule has 3 heteroatoms. The number of aliphatic hydroxyl groups is 1. The molecule has 1 saturated heterocycles. The molecule has 0 bridgehead atoms. The van der Waals surface area contributed by atoms with Crippen LogP contribution in [0.15, 0.2) is 36.9 Å². The van der Waals surface area contributed by atoms with E-state index in [1.54, 1.807) is 6.08 Å². The minimum Gasteiger partial charge on any atom is -0.384 e. The summed E-state index contributed by atoms with van der Waals surface area (Å²) in [7, 11) is 0. The number of aliphatic hydroxyl groups excluding tert-OH is 1. The standard InChI is InChI=1S/C22H34O3/c1-5-7-8-9-10-11-20-21(25-22(3,4)24-20)16-17-12-14-18(15-13-17)19(23)6-2/h6,12-15,19-21,23H,2,5,7-11,16H2,1,3-4H3/t19?,20-,21-/m0/s1. The average Bonchev–Trinajstić information content (AvgIpc) is 2.88. The molecule has 3 nitrogen and oxygen atoms in total. The Morgan fingerprint density at radius 3 is 2.36 bits per heavy atom. The van der Waals surface area contributed by atoms with Crippen molar-refractivity contribution >= 4 is 0 Å². The van der Waals surface area contributed by atoms with E-state index in [-0.39, 0.29) is 12.2 Å². The Hall–Kier alpha value is -1.16. The lowest BCUT2D eigenvalue weighted by Gasteiger charge is -2.17. The van der Waals surface area contributed by atoms with Gasteiger partial charge in [0.2, 0.25) is 0 Å². The van der Waals surface area contributed by atoms with Gasteiger partial charge in [0.25, 0.3) is 0 Å². The molecule has 1 fully saturated rings. The van der Waals surface area contributed by atoms with Crippen molar-refractivity contribution in [2.24, 2.45) is 0 Å². The van der Waals surface area contributed by atoms with Crippen molar-refractivity contribution in [1.29, 1.82) is 0 Å². The summed E-state index contributed by atoms with van der Waals surface area (Å²) in [6.45, 7) is 9.87. The molecule has 0 amide bonds. The van der Waals surface area contributed by atoms with Gasteiger partial charge in [-0.2, -0.15) is 0 Å². The Bertz CT molecular complexity index is 521. The third-order valence-corrected chi connectivity index (χ3v) is 4.86. The summed E-state index contributed by atoms with van der Waals surface area (Å²) >= 11 is 0. The first-order valence-corrected chi connectivity index (χ1v) is 9.70. The molecule has 1 unspecified atom stereocenters. The van der Waals surface area contributed by atoms with Crippen LogP contribution in [0.4, 0.5) is 0 Å². The molecule has 1 aromatic rings. The monoisotopic (exact) mass is 346 g/mol. The van der Waals surface area contributed by atoms with Crippen LogP contribution < -0.4 is 0 Å². The van der Waals surface area contributed by atoms with E-state index in [2.05, 4.69) is 25.6 Å². The fourth-order valence-electron chi connectivity index (χ4n) is 3.49. The Balaban J connectivity index is 1.91. The van der Waals surface area contributed by atoms with E-state index >= 15 is 0 Å². The van der Waals surface area contributed by atoms with Gasteiger partial charge in [-0.3, -0.25) is 0 Å². The normalized spacial score (nSPS) is 23.5. The number of unbranched alkanes of at least 4 members (excludes halogenated alkanes) is 4. The topological polar surface area (TPSA) is 38.7 Å². The fourth-order valence-corrected chi connectivity index (χ4v) is 3.49. The molecule has 1 aliphatic rings. The van der Waals surface area contributed by atoms with Crippen molar-refractivity contribution in [2.45, 2.75) is 89.8 Å². The van der Waals surface area contributed by atoms with E-state index in [9.17, 15) is 5.11 Å². The summed E-state index contributed by atoms with van der Waals surface area (Å²) in [6.07, 6.45) is 9.47. The molecule has 0 spiro atoms. The predicted molar refractivity (Wildman–Crippen MR) is 103 cm³/mol. The summed E-state index contributed by atoms with van der Waals surface area (Å²) in [4.78, 5) is 0. The Kier molecular flexibility index (Phi) is 7.67. The molecule has 0 aliphatic carbocycles. The third-order valence-electron chi connectivity index (χ3n) is 4.86. The van der Waals surface area contributed by atoms with Crippen LogP contribution in [0, 0.1) is 0 Å². The zero-order valence-corrected chi connectivity index (χ0v) is 16.0. The largest absolute Gasteiger partial charge is 0.384 e. The molecule has 1 heterocycles. The highest BCUT2D eigenvalue weighted by Gasteiger charge is 2.40. The number of benzene rings is 1. The first-order valence-electron chi connectivity index (χ1n) is 9.70. The summed E-state index contributed by atoms with van der Waals surface area (Å²) in [5.74, 6) is -0.502. The summed E-state index contributed by atoms with van der Waals surface area (Å²) in [5.41, 5.74) is 2.08. The molecule has 2 rings (SSSR count). The number of rotatable bonds is 10. The van der Waals surface area contributed by atoms with Gasteiger partial charge in [0, 0.05) is 6.42 Å². The van der Waals surface area contributed by atoms with Gasteiger partial charge >= 0.3 is 0 Å². The summed E-state index contributed by atoms with van der Waals surface area (Å²) in [6, 6.07) is 8.05. The van der Waals surface area contributed by atoms with Crippen LogP contribution in [0.2, 0.25) is 0 Å². The minimum atomic E-state index is -0.602. The van der Waals surface area contributed by atoms with Gasteiger partial charge in [0.1, 0.15) is 0 Å². The van der Waals surface area contributed by atoms with Crippen LogP contribution in [0.5, 0.6) is 0 Å². The van der Waals surface area contributed by atoms with E-state index in [4.69, 9.17) is 9.47 Å². The van der Waals surface area contributed by atoms with E-state index in [1.165, 1.54) is 37.7 Å². The Labute approximate surface area is 153 Å². The molecule has 140 valence electrons. The fraction of sp³-hybridized carbons (Fsp3) is 0.636. The first-order chi connectivity index (χ1) is 11.9. The van der Waals surface area contributed by atoms with Gasteiger partial charge in [0.15, 0.2) is 5.79 Å². The maximum absolute atomic E-state index is 9.81. The molecule has 0 aromatic heterocycles. The maximum atomic E-state index is 9.81. The van der Waals surface area contributed by atoms with Crippen LogP contribution in [0.25, 0.3) is 0 Å². The molecule has 25 heavy (non-hydrogen) atoms. The van der Waals surface area contributed by atoms with Crippen LogP contribution >= 0.6 is 0 Å². The minimum absolute atomic E-state index is 0.0938. The lowest BCUT2D eigenvalue weighted by Crippen LogP contribution is -2.25. The van der Waals surface area contributed by atoms with Crippen molar-refractivity contribution in [3.05, 3.63) is 48.0 Å². The molecule has 0 saturated carbocycles. The zero-order chi connectivity index (χ0) is 18.3. The van der Waals surface area contributed by atoms with E-state index < -0.39 is 11.9 Å². The molecular weight excluding hydrogens is 312 g/mol. The smallest absolute Gasteiger partial charge is 0.163 e. The molecule has 1 N–H and O–H groups in total. The maximum Gasteiger partial charge on any atom is 0.163 e. The molecular formula is C22H34O3. The average molecular weight is 347 g/mol. The second-order valence-electron chi connectivity index (χ2n) is 7.54. The lowest BCUT2D eigenvalue weighted by atomic mass is 9.98. The van der Waals surface area contributed by atoms with Crippen molar-refractivity contribution in [2.75, 3.05) is 0 Å². The zero-order valence-electron chi connectivity index (χ0n) is 16.0. The van der Waals surface area contributed by atoms with Gasteiger partial charge in [-0.1, -0.05) is 69.4 Å². The number of hydrogen-bond donors (Lipinski definition) is 1. The van der Waals surface area contributed by atoms with E-state index in [0.29, 0.717) is 0 Å². The van der Waals surface area contributed by atoms with E-state index in [0.717, 1.165) is 18.4 Å². The quantitative estimate of drug-likeness (QED) is 0.460. The van der Waals surface area contributed by atoms with Crippen LogP contribution in [-0.2, 0) is 15.9 Å². The van der Waals surface area contributed by atoms with Gasteiger partial charge in [-0.25, -0.2) is 0 Å². The highest BCUT2D eigenvalue weighted by Crippen LogP contribution is 2.33. The van der Waals surface area contributed by atoms with Gasteiger partial charge in [-0.15, -0.1) is 6.58 Å². The van der Waals surface area contributed by atoms with Gasteiger partial charge < -0.3 is 14.6 Å². The molecule has 1 aromatic carbocycles. The van der Waals surface area contributed by atoms with Crippen LogP contribution in [0.3, 0.4) is 0 Å². The number of hydrogen-bond acceptors (Lipinski definition) is 3. The number of ether oxygens (including phenoxy) is 2. The molecule has 0 radical (unpaired) electrons. The molecule has 1 aliphatic heterocycles.